The first-order chi connectivity index (χ1) is 6.73. The predicted octanol–water partition coefficient (Wildman–Crippen LogP) is 3.35. The van der Waals surface area contributed by atoms with Gasteiger partial charge >= 0.3 is 0 Å². The highest BCUT2D eigenvalue weighted by Crippen LogP contribution is 2.37. The molecule has 1 atom stereocenters. The summed E-state index contributed by atoms with van der Waals surface area (Å²) in [6, 6.07) is 8.29. The molecule has 1 aliphatic rings. The minimum Gasteiger partial charge on any atom is -0.487 e. The van der Waals surface area contributed by atoms with Crippen LogP contribution < -0.4 is 4.74 Å². The van der Waals surface area contributed by atoms with Gasteiger partial charge in [-0.1, -0.05) is 24.3 Å². The van der Waals surface area contributed by atoms with Crippen LogP contribution in [-0.4, -0.2) is 5.60 Å². The Kier molecular flexibility index (Phi) is 2.32. The average molecular weight is 188 g/mol. The van der Waals surface area contributed by atoms with Crippen molar-refractivity contribution in [1.82, 2.24) is 0 Å². The Morgan fingerprint density at radius 3 is 3.00 bits per heavy atom. The second-order valence-corrected chi connectivity index (χ2v) is 4.16. The number of hydrogen-bond acceptors (Lipinski definition) is 1. The minimum absolute atomic E-state index is 0.0160. The maximum absolute atomic E-state index is 5.95. The molecule has 0 aromatic heterocycles. The van der Waals surface area contributed by atoms with Crippen LogP contribution in [-0.2, 0) is 6.42 Å². The number of allylic oxidation sites excluding steroid dienone is 1. The summed E-state index contributed by atoms with van der Waals surface area (Å²) >= 11 is 0. The van der Waals surface area contributed by atoms with E-state index in [-0.39, 0.29) is 5.60 Å². The molecule has 0 fully saturated rings. The van der Waals surface area contributed by atoms with Crippen molar-refractivity contribution in [3.05, 3.63) is 42.5 Å². The van der Waals surface area contributed by atoms with Crippen LogP contribution in [0, 0.1) is 0 Å². The first kappa shape index (κ1) is 9.32. The van der Waals surface area contributed by atoms with E-state index in [2.05, 4.69) is 31.7 Å². The summed E-state index contributed by atoms with van der Waals surface area (Å²) in [5.74, 6) is 1.05. The largest absolute Gasteiger partial charge is 0.487 e. The molecule has 1 heteroatoms. The quantitative estimate of drug-likeness (QED) is 0.661. The number of rotatable bonds is 3. The third kappa shape index (κ3) is 1.67. The van der Waals surface area contributed by atoms with Gasteiger partial charge in [-0.25, -0.2) is 0 Å². The smallest absolute Gasteiger partial charge is 0.123 e. The van der Waals surface area contributed by atoms with Gasteiger partial charge in [0.25, 0.3) is 0 Å². The predicted molar refractivity (Wildman–Crippen MR) is 58.6 cm³/mol. The highest BCUT2D eigenvalue weighted by atomic mass is 16.5. The molecular formula is C13H16O. The Morgan fingerprint density at radius 2 is 2.29 bits per heavy atom. The number of benzene rings is 1. The van der Waals surface area contributed by atoms with Crippen molar-refractivity contribution in [2.45, 2.75) is 31.8 Å². The molecule has 0 saturated carbocycles. The van der Waals surface area contributed by atoms with Gasteiger partial charge in [0.2, 0.25) is 0 Å². The normalized spacial score (nSPS) is 24.1. The maximum Gasteiger partial charge on any atom is 0.123 e. The van der Waals surface area contributed by atoms with E-state index in [1.807, 2.05) is 12.1 Å². The standard InChI is InChI=1S/C13H16O/c1-3-4-9-13(2)10-11-7-5-6-8-12(11)14-13/h3,5-8H,1,4,9-10H2,2H3. The summed E-state index contributed by atoms with van der Waals surface area (Å²) in [5, 5.41) is 0. The van der Waals surface area contributed by atoms with Crippen molar-refractivity contribution >= 4 is 0 Å². The van der Waals surface area contributed by atoms with Crippen molar-refractivity contribution in [3.63, 3.8) is 0 Å². The molecule has 2 rings (SSSR count). The van der Waals surface area contributed by atoms with E-state index in [4.69, 9.17) is 4.74 Å². The van der Waals surface area contributed by atoms with Gasteiger partial charge in [0.15, 0.2) is 0 Å². The molecule has 0 aliphatic carbocycles. The van der Waals surface area contributed by atoms with Crippen molar-refractivity contribution in [2.75, 3.05) is 0 Å². The number of para-hydroxylation sites is 1. The zero-order chi connectivity index (χ0) is 10.0. The lowest BCUT2D eigenvalue weighted by atomic mass is 9.94. The van der Waals surface area contributed by atoms with Crippen molar-refractivity contribution in [2.24, 2.45) is 0 Å². The van der Waals surface area contributed by atoms with Gasteiger partial charge in [-0.15, -0.1) is 6.58 Å². The molecule has 1 aliphatic heterocycles. The zero-order valence-corrected chi connectivity index (χ0v) is 8.62. The monoisotopic (exact) mass is 188 g/mol. The van der Waals surface area contributed by atoms with Crippen molar-refractivity contribution < 1.29 is 4.74 Å². The molecule has 74 valence electrons. The SMILES string of the molecule is C=CCCC1(C)Cc2ccccc2O1. The highest BCUT2D eigenvalue weighted by Gasteiger charge is 2.33. The highest BCUT2D eigenvalue weighted by molar-refractivity contribution is 5.38. The van der Waals surface area contributed by atoms with E-state index in [1.165, 1.54) is 5.56 Å². The summed E-state index contributed by atoms with van der Waals surface area (Å²) in [5.41, 5.74) is 1.32. The lowest BCUT2D eigenvalue weighted by Gasteiger charge is -2.23. The second-order valence-electron chi connectivity index (χ2n) is 4.16. The Bertz CT molecular complexity index is 316. The minimum atomic E-state index is -0.0160. The van der Waals surface area contributed by atoms with Gasteiger partial charge in [0.05, 0.1) is 0 Å². The van der Waals surface area contributed by atoms with Gasteiger partial charge in [-0.05, 0) is 31.4 Å². The Labute approximate surface area is 85.4 Å². The molecule has 0 amide bonds. The fourth-order valence-electron chi connectivity index (χ4n) is 2.00. The van der Waals surface area contributed by atoms with Crippen LogP contribution in [0.3, 0.4) is 0 Å². The van der Waals surface area contributed by atoms with E-state index < -0.39 is 0 Å². The molecule has 1 nitrogen and oxygen atoms in total. The summed E-state index contributed by atoms with van der Waals surface area (Å²) in [6.45, 7) is 5.92. The number of ether oxygens (including phenoxy) is 1. The van der Waals surface area contributed by atoms with E-state index in [1.54, 1.807) is 0 Å². The van der Waals surface area contributed by atoms with E-state index >= 15 is 0 Å². The van der Waals surface area contributed by atoms with Crippen LogP contribution in [0.25, 0.3) is 0 Å². The molecule has 1 aromatic rings. The molecule has 1 unspecified atom stereocenters. The van der Waals surface area contributed by atoms with Crippen LogP contribution in [0.15, 0.2) is 36.9 Å². The zero-order valence-electron chi connectivity index (χ0n) is 8.62. The lowest BCUT2D eigenvalue weighted by Crippen LogP contribution is -2.29. The van der Waals surface area contributed by atoms with Crippen LogP contribution in [0.5, 0.6) is 5.75 Å². The molecule has 0 bridgehead atoms. The van der Waals surface area contributed by atoms with Crippen molar-refractivity contribution in [1.29, 1.82) is 0 Å². The molecular weight excluding hydrogens is 172 g/mol. The van der Waals surface area contributed by atoms with Gasteiger partial charge in [0.1, 0.15) is 11.4 Å². The van der Waals surface area contributed by atoms with Crippen LogP contribution in [0.1, 0.15) is 25.3 Å². The Balaban J connectivity index is 2.13. The van der Waals surface area contributed by atoms with E-state index in [0.717, 1.165) is 25.0 Å². The van der Waals surface area contributed by atoms with Gasteiger partial charge in [-0.3, -0.25) is 0 Å². The van der Waals surface area contributed by atoms with Gasteiger partial charge < -0.3 is 4.74 Å². The van der Waals surface area contributed by atoms with Crippen LogP contribution in [0.2, 0.25) is 0 Å². The third-order valence-electron chi connectivity index (χ3n) is 2.77. The summed E-state index contributed by atoms with van der Waals surface area (Å²) in [4.78, 5) is 0. The summed E-state index contributed by atoms with van der Waals surface area (Å²) in [6.07, 6.45) is 5.05. The van der Waals surface area contributed by atoms with E-state index in [0.29, 0.717) is 0 Å². The fraction of sp³-hybridized carbons (Fsp3) is 0.385. The molecule has 0 N–H and O–H groups in total. The van der Waals surface area contributed by atoms with Crippen LogP contribution >= 0.6 is 0 Å². The average Bonchev–Trinajstić information content (AvgIpc) is 2.51. The lowest BCUT2D eigenvalue weighted by molar-refractivity contribution is 0.107. The molecule has 14 heavy (non-hydrogen) atoms. The Morgan fingerprint density at radius 1 is 1.50 bits per heavy atom. The second kappa shape index (κ2) is 3.49. The fourth-order valence-corrected chi connectivity index (χ4v) is 2.00. The van der Waals surface area contributed by atoms with Gasteiger partial charge in [0, 0.05) is 6.42 Å². The topological polar surface area (TPSA) is 9.23 Å². The Hall–Kier alpha value is -1.24. The van der Waals surface area contributed by atoms with Crippen molar-refractivity contribution in [3.8, 4) is 5.75 Å². The van der Waals surface area contributed by atoms with E-state index in [9.17, 15) is 0 Å². The molecule has 1 heterocycles. The number of hydrogen-bond donors (Lipinski definition) is 0. The first-order valence-electron chi connectivity index (χ1n) is 5.11. The molecule has 0 radical (unpaired) electrons. The molecule has 0 saturated heterocycles. The summed E-state index contributed by atoms with van der Waals surface area (Å²) < 4.78 is 5.95. The molecule has 1 aromatic carbocycles. The number of fused-ring (bicyclic) bond motifs is 1. The maximum atomic E-state index is 5.95. The first-order valence-corrected chi connectivity index (χ1v) is 5.11. The molecule has 0 spiro atoms. The third-order valence-corrected chi connectivity index (χ3v) is 2.77. The summed E-state index contributed by atoms with van der Waals surface area (Å²) in [7, 11) is 0. The van der Waals surface area contributed by atoms with Crippen LogP contribution in [0.4, 0.5) is 0 Å². The van der Waals surface area contributed by atoms with Gasteiger partial charge in [-0.2, -0.15) is 0 Å².